The van der Waals surface area contributed by atoms with E-state index in [1.165, 1.54) is 12.1 Å². The molecular formula is C27H29BrFN7OS. The Balaban J connectivity index is 1.40. The van der Waals surface area contributed by atoms with Gasteiger partial charge in [-0.15, -0.1) is 4.72 Å². The molecule has 8 nitrogen and oxygen atoms in total. The van der Waals surface area contributed by atoms with E-state index < -0.39 is 21.6 Å². The summed E-state index contributed by atoms with van der Waals surface area (Å²) < 4.78 is 32.3. The number of aromatic nitrogens is 5. The van der Waals surface area contributed by atoms with E-state index in [9.17, 15) is 8.94 Å². The average Bonchev–Trinajstić information content (AvgIpc) is 3.29. The average molecular weight is 599 g/mol. The van der Waals surface area contributed by atoms with Crippen LogP contribution in [0.5, 0.6) is 0 Å². The summed E-state index contributed by atoms with van der Waals surface area (Å²) in [5.74, 6) is 1.21. The van der Waals surface area contributed by atoms with Gasteiger partial charge in [0.25, 0.3) is 0 Å². The molecule has 198 valence electrons. The first-order valence-electron chi connectivity index (χ1n) is 12.3. The van der Waals surface area contributed by atoms with E-state index in [1.54, 1.807) is 30.9 Å². The molecule has 3 aromatic heterocycles. The zero-order valence-electron chi connectivity index (χ0n) is 21.7. The Kier molecular flexibility index (Phi) is 7.29. The number of hydrogen-bond donors (Lipinski definition) is 1. The highest BCUT2D eigenvalue weighted by Gasteiger charge is 2.39. The molecule has 1 aliphatic rings. The zero-order chi connectivity index (χ0) is 27.1. The van der Waals surface area contributed by atoms with Crippen molar-refractivity contribution in [1.29, 1.82) is 0 Å². The van der Waals surface area contributed by atoms with Crippen LogP contribution in [0.15, 0.2) is 65.8 Å². The summed E-state index contributed by atoms with van der Waals surface area (Å²) in [5.41, 5.74) is 2.63. The molecule has 11 heteroatoms. The lowest BCUT2D eigenvalue weighted by Crippen LogP contribution is -2.50. The zero-order valence-corrected chi connectivity index (χ0v) is 24.1. The first-order valence-corrected chi connectivity index (χ1v) is 14.2. The molecule has 1 aromatic carbocycles. The van der Waals surface area contributed by atoms with E-state index in [2.05, 4.69) is 51.7 Å². The Labute approximate surface area is 232 Å². The highest BCUT2D eigenvalue weighted by atomic mass is 79.9. The highest BCUT2D eigenvalue weighted by molar-refractivity contribution is 9.10. The molecule has 0 saturated carbocycles. The molecule has 0 amide bonds. The molecule has 38 heavy (non-hydrogen) atoms. The molecule has 0 aliphatic carbocycles. The van der Waals surface area contributed by atoms with Crippen LogP contribution >= 0.6 is 15.9 Å². The number of nitrogens with one attached hydrogen (secondary N) is 1. The number of halogens is 2. The first-order chi connectivity index (χ1) is 18.0. The molecule has 1 N–H and O–H groups in total. The van der Waals surface area contributed by atoms with Crippen LogP contribution < -0.4 is 9.62 Å². The molecule has 0 saturated heterocycles. The van der Waals surface area contributed by atoms with Gasteiger partial charge in [-0.2, -0.15) is 5.10 Å². The van der Waals surface area contributed by atoms with Gasteiger partial charge in [-0.05, 0) is 79.4 Å². The lowest BCUT2D eigenvalue weighted by molar-refractivity contribution is 0.479. The molecular weight excluding hydrogens is 569 g/mol. The smallest absolute Gasteiger partial charge is 0.156 e. The fraction of sp³-hybridized carbons (Fsp3) is 0.333. The van der Waals surface area contributed by atoms with E-state index >= 15 is 0 Å². The summed E-state index contributed by atoms with van der Waals surface area (Å²) in [7, 11) is 0. The summed E-state index contributed by atoms with van der Waals surface area (Å²) in [6, 6.07) is 8.21. The van der Waals surface area contributed by atoms with Crippen LogP contribution in [0.4, 0.5) is 10.2 Å². The van der Waals surface area contributed by atoms with Crippen LogP contribution in [-0.4, -0.2) is 47.0 Å². The fourth-order valence-electron chi connectivity index (χ4n) is 4.35. The standard InChI is InChI=1S/C27H29BrFN7OS/c1-26(2,3)38(37)34-27(4,19-5-7-22(29)8-6-19)20-14-30-24(31-15-20)18-9-11-35(12-10-18)25-23-13-21(28)16-36(23)33-17-32-25/h5-9,13-17,34H,10-12H2,1-4H3/t27-,38?/m0/s1. The summed E-state index contributed by atoms with van der Waals surface area (Å²) in [5, 5.41) is 4.28. The molecule has 0 bridgehead atoms. The van der Waals surface area contributed by atoms with E-state index in [4.69, 9.17) is 0 Å². The third-order valence-electron chi connectivity index (χ3n) is 6.65. The number of anilines is 1. The number of benzene rings is 1. The minimum atomic E-state index is -1.38. The summed E-state index contributed by atoms with van der Waals surface area (Å²) in [6.07, 6.45) is 9.89. The largest absolute Gasteiger partial charge is 0.598 e. The fourth-order valence-corrected chi connectivity index (χ4v) is 5.68. The second kappa shape index (κ2) is 10.4. The van der Waals surface area contributed by atoms with Crippen molar-refractivity contribution in [2.24, 2.45) is 0 Å². The molecule has 4 aromatic rings. The second-order valence-corrected chi connectivity index (χ2v) is 13.3. The van der Waals surface area contributed by atoms with Gasteiger partial charge in [0.2, 0.25) is 0 Å². The molecule has 1 aliphatic heterocycles. The summed E-state index contributed by atoms with van der Waals surface area (Å²) in [4.78, 5) is 16.1. The van der Waals surface area contributed by atoms with Crippen molar-refractivity contribution >= 4 is 44.2 Å². The van der Waals surface area contributed by atoms with E-state index in [0.29, 0.717) is 12.4 Å². The van der Waals surface area contributed by atoms with Gasteiger partial charge in [-0.3, -0.25) is 0 Å². The lowest BCUT2D eigenvalue weighted by atomic mass is 9.87. The monoisotopic (exact) mass is 597 g/mol. The Morgan fingerprint density at radius 3 is 2.39 bits per heavy atom. The molecule has 2 atom stereocenters. The van der Waals surface area contributed by atoms with Crippen molar-refractivity contribution in [2.45, 2.75) is 44.4 Å². The SMILES string of the molecule is CC(C)(C)[S+]([O-])N[C@@](C)(c1ccc(F)cc1)c1cnc(C2=CCN(c3ncnn4cc(Br)cc34)CC2)nc1. The van der Waals surface area contributed by atoms with Crippen molar-refractivity contribution in [3.05, 3.63) is 88.6 Å². The van der Waals surface area contributed by atoms with Gasteiger partial charge in [-0.25, -0.2) is 23.9 Å². The Hall–Kier alpha value is -2.86. The molecule has 4 heterocycles. The van der Waals surface area contributed by atoms with Crippen molar-refractivity contribution in [3.63, 3.8) is 0 Å². The minimum absolute atomic E-state index is 0.328. The first kappa shape index (κ1) is 26.7. The van der Waals surface area contributed by atoms with Crippen LogP contribution in [0.2, 0.25) is 0 Å². The summed E-state index contributed by atoms with van der Waals surface area (Å²) >= 11 is 2.12. The Bertz CT molecular complexity index is 1470. The number of fused-ring (bicyclic) bond motifs is 1. The van der Waals surface area contributed by atoms with Crippen LogP contribution in [-0.2, 0) is 16.9 Å². The number of nitrogens with zero attached hydrogens (tertiary/aromatic N) is 6. The highest BCUT2D eigenvalue weighted by Crippen LogP contribution is 2.33. The molecule has 5 rings (SSSR count). The minimum Gasteiger partial charge on any atom is -0.598 e. The van der Waals surface area contributed by atoms with Crippen molar-refractivity contribution in [2.75, 3.05) is 18.0 Å². The van der Waals surface area contributed by atoms with E-state index in [-0.39, 0.29) is 5.82 Å². The van der Waals surface area contributed by atoms with Crippen LogP contribution in [0.25, 0.3) is 11.1 Å². The predicted molar refractivity (Wildman–Crippen MR) is 151 cm³/mol. The van der Waals surface area contributed by atoms with E-state index in [0.717, 1.165) is 45.5 Å². The normalized spacial score (nSPS) is 16.8. The van der Waals surface area contributed by atoms with Gasteiger partial charge in [0.05, 0.1) is 0 Å². The molecule has 1 unspecified atom stereocenters. The molecule has 0 spiro atoms. The van der Waals surface area contributed by atoms with Crippen LogP contribution in [0.3, 0.4) is 0 Å². The van der Waals surface area contributed by atoms with Gasteiger partial charge in [0.15, 0.2) is 11.6 Å². The topological polar surface area (TPSA) is 94.3 Å². The van der Waals surface area contributed by atoms with Crippen molar-refractivity contribution in [3.8, 4) is 0 Å². The van der Waals surface area contributed by atoms with Gasteiger partial charge < -0.3 is 9.45 Å². The third-order valence-corrected chi connectivity index (χ3v) is 8.79. The number of rotatable bonds is 6. The predicted octanol–water partition coefficient (Wildman–Crippen LogP) is 5.03. The molecule has 0 fully saturated rings. The van der Waals surface area contributed by atoms with Crippen LogP contribution in [0.1, 0.15) is 51.1 Å². The van der Waals surface area contributed by atoms with Crippen molar-refractivity contribution in [1.82, 2.24) is 29.3 Å². The van der Waals surface area contributed by atoms with Gasteiger partial charge in [0, 0.05) is 53.1 Å². The second-order valence-electron chi connectivity index (χ2n) is 10.4. The van der Waals surface area contributed by atoms with Gasteiger partial charge >= 0.3 is 0 Å². The maximum absolute atomic E-state index is 13.7. The Morgan fingerprint density at radius 1 is 1.05 bits per heavy atom. The van der Waals surface area contributed by atoms with Gasteiger partial charge in [0.1, 0.15) is 27.9 Å². The third kappa shape index (κ3) is 5.33. The van der Waals surface area contributed by atoms with E-state index in [1.807, 2.05) is 44.5 Å². The number of hydrogen-bond acceptors (Lipinski definition) is 7. The Morgan fingerprint density at radius 2 is 1.76 bits per heavy atom. The summed E-state index contributed by atoms with van der Waals surface area (Å²) in [6.45, 7) is 9.08. The lowest BCUT2D eigenvalue weighted by Gasteiger charge is -2.35. The quantitative estimate of drug-likeness (QED) is 0.311. The maximum atomic E-state index is 13.7. The van der Waals surface area contributed by atoms with Crippen LogP contribution in [0, 0.1) is 5.82 Å². The maximum Gasteiger partial charge on any atom is 0.156 e. The van der Waals surface area contributed by atoms with Gasteiger partial charge in [-0.1, -0.05) is 18.2 Å². The molecule has 0 radical (unpaired) electrons. The van der Waals surface area contributed by atoms with Crippen molar-refractivity contribution < 1.29 is 8.94 Å².